The van der Waals surface area contributed by atoms with Crippen LogP contribution in [0.1, 0.15) is 12.0 Å². The Labute approximate surface area is 128 Å². The van der Waals surface area contributed by atoms with Gasteiger partial charge in [-0.05, 0) is 19.1 Å². The fourth-order valence-electron chi connectivity index (χ4n) is 1.72. The SMILES string of the molecule is COC(CCSc1n[nH]c(Nc2ccc(C)cc2)n1)OC. The van der Waals surface area contributed by atoms with Crippen molar-refractivity contribution in [2.45, 2.75) is 24.8 Å². The first-order chi connectivity index (χ1) is 10.2. The molecule has 0 saturated heterocycles. The molecule has 114 valence electrons. The average molecular weight is 308 g/mol. The fraction of sp³-hybridized carbons (Fsp3) is 0.429. The summed E-state index contributed by atoms with van der Waals surface area (Å²) in [5.74, 6) is 1.46. The molecule has 2 rings (SSSR count). The molecule has 6 nitrogen and oxygen atoms in total. The number of thioether (sulfide) groups is 1. The maximum Gasteiger partial charge on any atom is 0.223 e. The van der Waals surface area contributed by atoms with E-state index in [-0.39, 0.29) is 6.29 Å². The van der Waals surface area contributed by atoms with Gasteiger partial charge in [-0.1, -0.05) is 29.5 Å². The van der Waals surface area contributed by atoms with Crippen LogP contribution in [-0.4, -0.2) is 41.4 Å². The molecule has 0 bridgehead atoms. The molecule has 2 N–H and O–H groups in total. The van der Waals surface area contributed by atoms with Crippen molar-refractivity contribution in [3.8, 4) is 0 Å². The van der Waals surface area contributed by atoms with Crippen LogP contribution >= 0.6 is 11.8 Å². The second-order valence-corrected chi connectivity index (χ2v) is 5.56. The molecule has 1 aromatic heterocycles. The van der Waals surface area contributed by atoms with Crippen molar-refractivity contribution in [2.75, 3.05) is 25.3 Å². The Bertz CT molecular complexity index is 540. The number of aryl methyl sites for hydroxylation is 1. The molecule has 0 radical (unpaired) electrons. The third-order valence-corrected chi connectivity index (χ3v) is 3.77. The lowest BCUT2D eigenvalue weighted by Gasteiger charge is -2.11. The second-order valence-electron chi connectivity index (χ2n) is 4.50. The van der Waals surface area contributed by atoms with Crippen molar-refractivity contribution >= 4 is 23.4 Å². The van der Waals surface area contributed by atoms with E-state index in [1.165, 1.54) is 5.56 Å². The lowest BCUT2D eigenvalue weighted by atomic mass is 10.2. The van der Waals surface area contributed by atoms with Crippen molar-refractivity contribution in [1.29, 1.82) is 0 Å². The van der Waals surface area contributed by atoms with Gasteiger partial charge in [-0.2, -0.15) is 4.98 Å². The fourth-order valence-corrected chi connectivity index (χ4v) is 2.48. The van der Waals surface area contributed by atoms with Gasteiger partial charge in [0.15, 0.2) is 6.29 Å². The standard InChI is InChI=1S/C14H20N4O2S/c1-10-4-6-11(7-5-10)15-13-16-14(18-17-13)21-9-8-12(19-2)20-3/h4-7,12H,8-9H2,1-3H3,(H2,15,16,17,18). The maximum absolute atomic E-state index is 5.13. The normalized spacial score (nSPS) is 11.0. The van der Waals surface area contributed by atoms with E-state index in [1.807, 2.05) is 24.3 Å². The summed E-state index contributed by atoms with van der Waals surface area (Å²) in [7, 11) is 3.27. The molecule has 0 atom stereocenters. The number of hydrogen-bond acceptors (Lipinski definition) is 6. The number of methoxy groups -OCH3 is 2. The van der Waals surface area contributed by atoms with Crippen molar-refractivity contribution in [3.63, 3.8) is 0 Å². The Morgan fingerprint density at radius 1 is 1.24 bits per heavy atom. The van der Waals surface area contributed by atoms with Gasteiger partial charge in [-0.3, -0.25) is 0 Å². The van der Waals surface area contributed by atoms with E-state index >= 15 is 0 Å². The minimum atomic E-state index is -0.179. The number of H-pyrrole nitrogens is 1. The van der Waals surface area contributed by atoms with E-state index in [9.17, 15) is 0 Å². The highest BCUT2D eigenvalue weighted by molar-refractivity contribution is 7.99. The molecule has 0 spiro atoms. The van der Waals surface area contributed by atoms with Crippen LogP contribution in [0.25, 0.3) is 0 Å². The lowest BCUT2D eigenvalue weighted by Crippen LogP contribution is -2.13. The summed E-state index contributed by atoms with van der Waals surface area (Å²) < 4.78 is 10.3. The summed E-state index contributed by atoms with van der Waals surface area (Å²) in [4.78, 5) is 4.38. The Kier molecular flexibility index (Phi) is 6.04. The Morgan fingerprint density at radius 2 is 1.95 bits per heavy atom. The molecule has 2 aromatic rings. The van der Waals surface area contributed by atoms with E-state index in [1.54, 1.807) is 26.0 Å². The van der Waals surface area contributed by atoms with Gasteiger partial charge in [0, 0.05) is 32.1 Å². The molecule has 0 amide bonds. The van der Waals surface area contributed by atoms with E-state index in [0.29, 0.717) is 11.1 Å². The number of nitrogens with one attached hydrogen (secondary N) is 2. The zero-order valence-electron chi connectivity index (χ0n) is 12.4. The van der Waals surface area contributed by atoms with Gasteiger partial charge in [0.2, 0.25) is 11.1 Å². The zero-order valence-corrected chi connectivity index (χ0v) is 13.2. The van der Waals surface area contributed by atoms with Gasteiger partial charge in [0.25, 0.3) is 0 Å². The van der Waals surface area contributed by atoms with Crippen molar-refractivity contribution < 1.29 is 9.47 Å². The highest BCUT2D eigenvalue weighted by Gasteiger charge is 2.08. The molecule has 1 heterocycles. The van der Waals surface area contributed by atoms with E-state index in [2.05, 4.69) is 27.4 Å². The number of benzene rings is 1. The second kappa shape index (κ2) is 8.02. The molecule has 1 aromatic carbocycles. The van der Waals surface area contributed by atoms with Crippen LogP contribution in [0, 0.1) is 6.92 Å². The van der Waals surface area contributed by atoms with Gasteiger partial charge >= 0.3 is 0 Å². The van der Waals surface area contributed by atoms with Crippen LogP contribution in [0.3, 0.4) is 0 Å². The van der Waals surface area contributed by atoms with Gasteiger partial charge in [-0.25, -0.2) is 5.10 Å². The molecule has 7 heteroatoms. The Balaban J connectivity index is 1.82. The number of rotatable bonds is 8. The van der Waals surface area contributed by atoms with Gasteiger partial charge in [-0.15, -0.1) is 5.10 Å². The highest BCUT2D eigenvalue weighted by Crippen LogP contribution is 2.19. The van der Waals surface area contributed by atoms with Gasteiger partial charge in [0.05, 0.1) is 0 Å². The molecular weight excluding hydrogens is 288 g/mol. The van der Waals surface area contributed by atoms with Crippen LogP contribution in [0.2, 0.25) is 0 Å². The summed E-state index contributed by atoms with van der Waals surface area (Å²) in [5.41, 5.74) is 2.20. The summed E-state index contributed by atoms with van der Waals surface area (Å²) >= 11 is 1.56. The lowest BCUT2D eigenvalue weighted by molar-refractivity contribution is -0.102. The zero-order chi connectivity index (χ0) is 15.1. The predicted octanol–water partition coefficient (Wildman–Crippen LogP) is 2.96. The molecule has 0 saturated carbocycles. The van der Waals surface area contributed by atoms with Crippen LogP contribution in [0.5, 0.6) is 0 Å². The third-order valence-electron chi connectivity index (χ3n) is 2.89. The Hall–Kier alpha value is -1.57. The molecule has 21 heavy (non-hydrogen) atoms. The highest BCUT2D eigenvalue weighted by atomic mass is 32.2. The Morgan fingerprint density at radius 3 is 2.62 bits per heavy atom. The predicted molar refractivity (Wildman–Crippen MR) is 84.0 cm³/mol. The average Bonchev–Trinajstić information content (AvgIpc) is 2.93. The number of nitrogens with zero attached hydrogens (tertiary/aromatic N) is 2. The molecule has 0 aliphatic rings. The minimum absolute atomic E-state index is 0.179. The smallest absolute Gasteiger partial charge is 0.223 e. The summed E-state index contributed by atoms with van der Waals surface area (Å²) in [6.45, 7) is 2.06. The first-order valence-electron chi connectivity index (χ1n) is 6.65. The summed E-state index contributed by atoms with van der Waals surface area (Å²) in [6.07, 6.45) is 0.606. The number of hydrogen-bond donors (Lipinski definition) is 2. The maximum atomic E-state index is 5.13. The van der Waals surface area contributed by atoms with Gasteiger partial charge < -0.3 is 14.8 Å². The number of aromatic amines is 1. The number of ether oxygens (including phenoxy) is 2. The van der Waals surface area contributed by atoms with Crippen molar-refractivity contribution in [2.24, 2.45) is 0 Å². The largest absolute Gasteiger partial charge is 0.356 e. The van der Waals surface area contributed by atoms with Crippen molar-refractivity contribution in [1.82, 2.24) is 15.2 Å². The summed E-state index contributed by atoms with van der Waals surface area (Å²) in [6, 6.07) is 8.10. The van der Waals surface area contributed by atoms with Crippen LogP contribution in [-0.2, 0) is 9.47 Å². The molecular formula is C14H20N4O2S. The topological polar surface area (TPSA) is 72.1 Å². The van der Waals surface area contributed by atoms with Crippen LogP contribution in [0.4, 0.5) is 11.6 Å². The third kappa shape index (κ3) is 5.04. The van der Waals surface area contributed by atoms with Gasteiger partial charge in [0.1, 0.15) is 0 Å². The molecule has 0 aliphatic carbocycles. The van der Waals surface area contributed by atoms with Crippen LogP contribution in [0.15, 0.2) is 29.4 Å². The van der Waals surface area contributed by atoms with Crippen molar-refractivity contribution in [3.05, 3.63) is 29.8 Å². The first kappa shape index (κ1) is 15.8. The number of anilines is 2. The molecule has 0 unspecified atom stereocenters. The summed E-state index contributed by atoms with van der Waals surface area (Å²) in [5, 5.41) is 10.9. The van der Waals surface area contributed by atoms with Crippen LogP contribution < -0.4 is 5.32 Å². The molecule has 0 aliphatic heterocycles. The minimum Gasteiger partial charge on any atom is -0.356 e. The number of aromatic nitrogens is 3. The molecule has 0 fully saturated rings. The van der Waals surface area contributed by atoms with E-state index < -0.39 is 0 Å². The van der Waals surface area contributed by atoms with E-state index in [0.717, 1.165) is 17.9 Å². The first-order valence-corrected chi connectivity index (χ1v) is 7.64. The quantitative estimate of drug-likeness (QED) is 0.577. The van der Waals surface area contributed by atoms with E-state index in [4.69, 9.17) is 9.47 Å². The monoisotopic (exact) mass is 308 g/mol.